The second-order valence-corrected chi connectivity index (χ2v) is 13.1. The van der Waals surface area contributed by atoms with Crippen LogP contribution in [0.25, 0.3) is 81.3 Å². The molecule has 0 saturated heterocycles. The molecule has 4 heterocycles. The van der Waals surface area contributed by atoms with Gasteiger partial charge in [0.15, 0.2) is 0 Å². The summed E-state index contributed by atoms with van der Waals surface area (Å²) in [7, 11) is 0. The number of hydrogen-bond donors (Lipinski definition) is 0. The Balaban J connectivity index is 0.000000245. The van der Waals surface area contributed by atoms with Crippen LogP contribution in [0.5, 0.6) is 0 Å². The Bertz CT molecular complexity index is 2700. The average molecular weight is 848 g/mol. The summed E-state index contributed by atoms with van der Waals surface area (Å²) in [6, 6.07) is 63.2. The van der Waals surface area contributed by atoms with Crippen LogP contribution < -0.4 is 0 Å². The fourth-order valence-electron chi connectivity index (χ4n) is 6.80. The maximum Gasteiger partial charge on any atom is 0.0554 e. The second-order valence-electron chi connectivity index (χ2n) is 12.0. The van der Waals surface area contributed by atoms with Crippen LogP contribution >= 0.6 is 11.3 Å². The van der Waals surface area contributed by atoms with E-state index in [1.54, 1.807) is 6.20 Å². The number of thiophene rings is 1. The third kappa shape index (κ3) is 6.06. The van der Waals surface area contributed by atoms with E-state index in [9.17, 15) is 0 Å². The molecule has 0 aliphatic carbocycles. The normalized spacial score (nSPS) is 11.0. The van der Waals surface area contributed by atoms with Gasteiger partial charge in [-0.1, -0.05) is 72.8 Å². The molecule has 0 aliphatic rings. The molecule has 0 spiro atoms. The van der Waals surface area contributed by atoms with Crippen molar-refractivity contribution >= 4 is 53.3 Å². The third-order valence-electron chi connectivity index (χ3n) is 9.00. The summed E-state index contributed by atoms with van der Waals surface area (Å²) in [5, 5.41) is 5.12. The average Bonchev–Trinajstić information content (AvgIpc) is 3.74. The van der Waals surface area contributed by atoms with Crippen molar-refractivity contribution in [2.75, 3.05) is 0 Å². The van der Waals surface area contributed by atoms with Crippen LogP contribution in [0.1, 0.15) is 0 Å². The van der Waals surface area contributed by atoms with Crippen molar-refractivity contribution in [2.45, 2.75) is 0 Å². The number of rotatable bonds is 4. The fraction of sp³-hybridized carbons (Fsp3) is 0. The molecule has 10 rings (SSSR count). The number of fused-ring (bicyclic) bond motifs is 6. The number of aromatic nitrogens is 3. The molecule has 10 aromatic rings. The van der Waals surface area contributed by atoms with E-state index >= 15 is 0 Å². The topological polar surface area (TPSA) is 30.7 Å². The van der Waals surface area contributed by atoms with Crippen molar-refractivity contribution in [3.8, 4) is 39.3 Å². The van der Waals surface area contributed by atoms with Crippen LogP contribution in [0, 0.1) is 12.1 Å². The molecule has 4 aromatic heterocycles. The maximum atomic E-state index is 4.72. The Kier molecular flexibility index (Phi) is 9.09. The second kappa shape index (κ2) is 14.3. The smallest absolute Gasteiger partial charge is 0.0554 e. The van der Waals surface area contributed by atoms with Gasteiger partial charge in [-0.15, -0.1) is 83.1 Å². The maximum absolute atomic E-state index is 4.72. The standard InChI is InChI=1S/C35H21N2S.C11H8N.Ir/c1-3-11-23(12-4-1)29-21-24(19-20-36-29)33-34-27-16-7-9-17-30(27)37(25-13-5-2-6-14-25)31(34)22-28-26-15-8-10-18-32(26)38-35(28)33;1-2-6-10(7-3-1)11-8-4-5-9-12-11;/h1-11,13-22H;1-6,8-9H;/q2*-1;. The summed E-state index contributed by atoms with van der Waals surface area (Å²) in [6.07, 6.45) is 3.72. The first-order chi connectivity index (χ1) is 24.8. The monoisotopic (exact) mass is 848 g/mol. The number of hydrogen-bond acceptors (Lipinski definition) is 3. The van der Waals surface area contributed by atoms with Gasteiger partial charge in [0, 0.05) is 74.7 Å². The first-order valence-electron chi connectivity index (χ1n) is 16.6. The zero-order valence-electron chi connectivity index (χ0n) is 27.3. The molecule has 0 bridgehead atoms. The van der Waals surface area contributed by atoms with Crippen LogP contribution in [0.15, 0.2) is 176 Å². The summed E-state index contributed by atoms with van der Waals surface area (Å²) < 4.78 is 5.02. The number of pyridine rings is 2. The Labute approximate surface area is 313 Å². The first-order valence-corrected chi connectivity index (χ1v) is 17.4. The van der Waals surface area contributed by atoms with Crippen molar-refractivity contribution in [3.63, 3.8) is 0 Å². The molecule has 0 fully saturated rings. The minimum Gasteiger partial charge on any atom is -0.309 e. The summed E-state index contributed by atoms with van der Waals surface area (Å²) in [5.74, 6) is 0. The molecule has 0 unspecified atom stereocenters. The predicted molar refractivity (Wildman–Crippen MR) is 210 cm³/mol. The Morgan fingerprint density at radius 3 is 1.92 bits per heavy atom. The van der Waals surface area contributed by atoms with E-state index in [0.717, 1.165) is 28.2 Å². The van der Waals surface area contributed by atoms with Gasteiger partial charge >= 0.3 is 0 Å². The molecular formula is C46H29IrN3S-2. The van der Waals surface area contributed by atoms with Crippen molar-refractivity contribution < 1.29 is 20.1 Å². The summed E-state index contributed by atoms with van der Waals surface area (Å²) in [4.78, 5) is 8.94. The van der Waals surface area contributed by atoms with Gasteiger partial charge in [0.25, 0.3) is 0 Å². The van der Waals surface area contributed by atoms with Crippen LogP contribution in [-0.2, 0) is 20.1 Å². The van der Waals surface area contributed by atoms with Gasteiger partial charge in [0.05, 0.1) is 11.0 Å². The van der Waals surface area contributed by atoms with E-state index in [2.05, 4.69) is 125 Å². The summed E-state index contributed by atoms with van der Waals surface area (Å²) in [6.45, 7) is 0. The minimum atomic E-state index is 0. The molecule has 0 saturated carbocycles. The van der Waals surface area contributed by atoms with Gasteiger partial charge in [-0.3, -0.25) is 0 Å². The number of benzene rings is 6. The Morgan fingerprint density at radius 1 is 0.510 bits per heavy atom. The van der Waals surface area contributed by atoms with Crippen LogP contribution in [-0.4, -0.2) is 14.5 Å². The summed E-state index contributed by atoms with van der Waals surface area (Å²) >= 11 is 1.88. The van der Waals surface area contributed by atoms with Crippen molar-refractivity contribution in [3.05, 3.63) is 188 Å². The zero-order valence-corrected chi connectivity index (χ0v) is 30.5. The van der Waals surface area contributed by atoms with Crippen molar-refractivity contribution in [1.29, 1.82) is 0 Å². The molecule has 245 valence electrons. The SMILES string of the molecule is [Ir].[c-]1ccccc1-c1cc(-c2c3sc4ccccc4c3cc3c2c2ccccc2n3-c2ccccc2)ccn1.[c-]1ccccc1-c1ccccn1. The van der Waals surface area contributed by atoms with Crippen molar-refractivity contribution in [1.82, 2.24) is 14.5 Å². The first kappa shape index (κ1) is 32.5. The van der Waals surface area contributed by atoms with E-state index in [1.807, 2.05) is 78.2 Å². The molecule has 6 aromatic carbocycles. The third-order valence-corrected chi connectivity index (χ3v) is 10.2. The van der Waals surface area contributed by atoms with Gasteiger partial charge in [-0.25, -0.2) is 0 Å². The van der Waals surface area contributed by atoms with Gasteiger partial charge < -0.3 is 14.5 Å². The van der Waals surface area contributed by atoms with E-state index in [0.29, 0.717) is 0 Å². The molecule has 0 aliphatic heterocycles. The Morgan fingerprint density at radius 2 is 1.18 bits per heavy atom. The molecule has 3 nitrogen and oxygen atoms in total. The van der Waals surface area contributed by atoms with Crippen LogP contribution in [0.2, 0.25) is 0 Å². The zero-order chi connectivity index (χ0) is 33.3. The molecule has 51 heavy (non-hydrogen) atoms. The molecule has 0 N–H and O–H groups in total. The van der Waals surface area contributed by atoms with Gasteiger partial charge in [-0.2, -0.15) is 0 Å². The molecule has 1 radical (unpaired) electrons. The van der Waals surface area contributed by atoms with Gasteiger partial charge in [0.2, 0.25) is 0 Å². The number of nitrogens with zero attached hydrogens (tertiary/aromatic N) is 3. The van der Waals surface area contributed by atoms with E-state index in [-0.39, 0.29) is 20.1 Å². The molecule has 5 heteroatoms. The number of para-hydroxylation sites is 2. The van der Waals surface area contributed by atoms with Crippen LogP contribution in [0.4, 0.5) is 0 Å². The van der Waals surface area contributed by atoms with Gasteiger partial charge in [-0.05, 0) is 59.4 Å². The van der Waals surface area contributed by atoms with Crippen molar-refractivity contribution in [2.24, 2.45) is 0 Å². The van der Waals surface area contributed by atoms with E-state index in [4.69, 9.17) is 4.98 Å². The summed E-state index contributed by atoms with van der Waals surface area (Å²) in [5.41, 5.74) is 9.97. The van der Waals surface area contributed by atoms with Crippen LogP contribution in [0.3, 0.4) is 0 Å². The fourth-order valence-corrected chi connectivity index (χ4v) is 8.05. The molecule has 0 amide bonds. The molecular weight excluding hydrogens is 819 g/mol. The van der Waals surface area contributed by atoms with Gasteiger partial charge in [0.1, 0.15) is 0 Å². The Hall–Kier alpha value is -5.71. The largest absolute Gasteiger partial charge is 0.309 e. The van der Waals surface area contributed by atoms with E-state index in [1.165, 1.54) is 53.1 Å². The predicted octanol–water partition coefficient (Wildman–Crippen LogP) is 12.2. The molecule has 0 atom stereocenters. The quantitative estimate of drug-likeness (QED) is 0.165. The minimum absolute atomic E-state index is 0. The van der Waals surface area contributed by atoms with E-state index < -0.39 is 0 Å².